The van der Waals surface area contributed by atoms with Crippen LogP contribution in [-0.4, -0.2) is 53.9 Å². The van der Waals surface area contributed by atoms with E-state index in [0.717, 1.165) is 0 Å². The predicted molar refractivity (Wildman–Crippen MR) is 122 cm³/mol. The summed E-state index contributed by atoms with van der Waals surface area (Å²) in [4.78, 5) is 48.3. The Morgan fingerprint density at radius 1 is 1.09 bits per heavy atom. The Morgan fingerprint density at radius 3 is 2.42 bits per heavy atom. The van der Waals surface area contributed by atoms with E-state index in [1.165, 1.54) is 18.2 Å². The molecule has 11 nitrogen and oxygen atoms in total. The number of carbonyl (C=O) groups excluding carboxylic acids is 3. The van der Waals surface area contributed by atoms with Crippen molar-refractivity contribution in [3.05, 3.63) is 64.2 Å². The number of rotatable bonds is 9. The van der Waals surface area contributed by atoms with Crippen molar-refractivity contribution in [2.24, 2.45) is 5.73 Å². The van der Waals surface area contributed by atoms with E-state index < -0.39 is 42.8 Å². The molecule has 0 heterocycles. The summed E-state index contributed by atoms with van der Waals surface area (Å²) in [5, 5.41) is 26.4. The smallest absolute Gasteiger partial charge is 0.328 e. The molecule has 3 amide bonds. The normalized spacial score (nSPS) is 11.1. The molecule has 174 valence electrons. The molecule has 0 fully saturated rings. The number of benzene rings is 2. The molecule has 2 aromatic rings. The maximum atomic E-state index is 12.5. The molecule has 0 aliphatic heterocycles. The van der Waals surface area contributed by atoms with Crippen LogP contribution in [0.5, 0.6) is 0 Å². The molecule has 0 radical (unpaired) electrons. The highest BCUT2D eigenvalue weighted by Crippen LogP contribution is 2.19. The van der Waals surface area contributed by atoms with Gasteiger partial charge in [0.25, 0.3) is 11.8 Å². The summed E-state index contributed by atoms with van der Waals surface area (Å²) in [6, 6.07) is 9.54. The van der Waals surface area contributed by atoms with Gasteiger partial charge in [0, 0.05) is 17.8 Å². The van der Waals surface area contributed by atoms with Gasteiger partial charge in [0.05, 0.1) is 17.1 Å². The quantitative estimate of drug-likeness (QED) is 0.205. The van der Waals surface area contributed by atoms with Crippen LogP contribution in [0.4, 0.5) is 5.69 Å². The molecule has 0 saturated carbocycles. The van der Waals surface area contributed by atoms with Crippen LogP contribution in [0.2, 0.25) is 5.02 Å². The van der Waals surface area contributed by atoms with Gasteiger partial charge < -0.3 is 32.1 Å². The minimum Gasteiger partial charge on any atom is -0.480 e. The average Bonchev–Trinajstić information content (AvgIpc) is 2.74. The molecule has 1 atom stereocenters. The van der Waals surface area contributed by atoms with Crippen LogP contribution in [-0.2, 0) is 9.59 Å². The number of hydrogen-bond donors (Lipinski definition) is 7. The van der Waals surface area contributed by atoms with Crippen molar-refractivity contribution in [3.8, 4) is 0 Å². The molecule has 33 heavy (non-hydrogen) atoms. The van der Waals surface area contributed by atoms with Crippen LogP contribution in [0.15, 0.2) is 42.5 Å². The SMILES string of the molecule is Cc1cccc(Cl)c1C(=O)NC(CNC(=O)CNC(=O)c1cccc(NC(=N)N)c1)C(=O)O. The largest absolute Gasteiger partial charge is 0.480 e. The van der Waals surface area contributed by atoms with E-state index in [4.69, 9.17) is 22.7 Å². The second kappa shape index (κ2) is 11.5. The van der Waals surface area contributed by atoms with Gasteiger partial charge in [0.15, 0.2) is 5.96 Å². The van der Waals surface area contributed by atoms with E-state index in [2.05, 4.69) is 21.3 Å². The van der Waals surface area contributed by atoms with E-state index in [0.29, 0.717) is 11.3 Å². The number of aliphatic carboxylic acids is 1. The lowest BCUT2D eigenvalue weighted by Gasteiger charge is -2.17. The van der Waals surface area contributed by atoms with Crippen LogP contribution in [0.3, 0.4) is 0 Å². The number of hydrogen-bond acceptors (Lipinski definition) is 5. The van der Waals surface area contributed by atoms with E-state index in [-0.39, 0.29) is 22.1 Å². The molecule has 8 N–H and O–H groups in total. The highest BCUT2D eigenvalue weighted by atomic mass is 35.5. The van der Waals surface area contributed by atoms with Gasteiger partial charge in [-0.05, 0) is 36.8 Å². The molecule has 0 saturated heterocycles. The van der Waals surface area contributed by atoms with Gasteiger partial charge in [-0.15, -0.1) is 0 Å². The zero-order chi connectivity index (χ0) is 24.5. The monoisotopic (exact) mass is 474 g/mol. The van der Waals surface area contributed by atoms with E-state index in [9.17, 15) is 24.3 Å². The van der Waals surface area contributed by atoms with Gasteiger partial charge in [0.2, 0.25) is 5.91 Å². The summed E-state index contributed by atoms with van der Waals surface area (Å²) in [6.45, 7) is 0.831. The van der Waals surface area contributed by atoms with Gasteiger partial charge >= 0.3 is 5.97 Å². The summed E-state index contributed by atoms with van der Waals surface area (Å²) in [5.41, 5.74) is 6.61. The lowest BCUT2D eigenvalue weighted by molar-refractivity contribution is -0.139. The summed E-state index contributed by atoms with van der Waals surface area (Å²) >= 11 is 6.03. The molecule has 2 aromatic carbocycles. The number of anilines is 1. The molecule has 0 aliphatic rings. The zero-order valence-corrected chi connectivity index (χ0v) is 18.3. The molecule has 0 spiro atoms. The Kier molecular flexibility index (Phi) is 8.75. The number of nitrogens with one attached hydrogen (secondary N) is 5. The third-order valence-electron chi connectivity index (χ3n) is 4.37. The third-order valence-corrected chi connectivity index (χ3v) is 4.68. The average molecular weight is 475 g/mol. The Morgan fingerprint density at radius 2 is 1.79 bits per heavy atom. The van der Waals surface area contributed by atoms with Crippen molar-refractivity contribution in [3.63, 3.8) is 0 Å². The van der Waals surface area contributed by atoms with Crippen LogP contribution in [0, 0.1) is 12.3 Å². The van der Waals surface area contributed by atoms with Gasteiger partial charge in [-0.1, -0.05) is 29.8 Å². The molecule has 1 unspecified atom stereocenters. The highest BCUT2D eigenvalue weighted by Gasteiger charge is 2.23. The maximum Gasteiger partial charge on any atom is 0.328 e. The van der Waals surface area contributed by atoms with E-state index >= 15 is 0 Å². The van der Waals surface area contributed by atoms with Crippen LogP contribution in [0.1, 0.15) is 26.3 Å². The van der Waals surface area contributed by atoms with Crippen molar-refractivity contribution >= 4 is 46.9 Å². The Labute approximate surface area is 194 Å². The summed E-state index contributed by atoms with van der Waals surface area (Å²) in [7, 11) is 0. The first-order valence-electron chi connectivity index (χ1n) is 9.63. The molecule has 0 aliphatic carbocycles. The Hall–Kier alpha value is -4.12. The summed E-state index contributed by atoms with van der Waals surface area (Å²) < 4.78 is 0. The van der Waals surface area contributed by atoms with Crippen molar-refractivity contribution in [2.45, 2.75) is 13.0 Å². The molecular formula is C21H23ClN6O5. The first kappa shape index (κ1) is 25.1. The minimum absolute atomic E-state index is 0.144. The molecular weight excluding hydrogens is 452 g/mol. The summed E-state index contributed by atoms with van der Waals surface area (Å²) in [5.74, 6) is -3.55. The van der Waals surface area contributed by atoms with Gasteiger partial charge in [-0.25, -0.2) is 4.79 Å². The van der Waals surface area contributed by atoms with Gasteiger partial charge in [-0.2, -0.15) is 0 Å². The molecule has 2 rings (SSSR count). The number of carboxylic acid groups (broad SMARTS) is 1. The number of halogens is 1. The number of guanidine groups is 1. The predicted octanol–water partition coefficient (Wildman–Crippen LogP) is 0.683. The number of nitrogens with two attached hydrogens (primary N) is 1. The molecule has 12 heteroatoms. The lowest BCUT2D eigenvalue weighted by Crippen LogP contribution is -2.50. The van der Waals surface area contributed by atoms with Crippen molar-refractivity contribution in [1.82, 2.24) is 16.0 Å². The molecule has 0 bridgehead atoms. The fraction of sp³-hybridized carbons (Fsp3) is 0.190. The minimum atomic E-state index is -1.41. The molecule has 0 aromatic heterocycles. The number of amides is 3. The third kappa shape index (κ3) is 7.51. The fourth-order valence-electron chi connectivity index (χ4n) is 2.78. The standard InChI is InChI=1S/C21H23ClN6O5/c1-11-4-2-7-14(22)17(11)19(31)28-15(20(32)33)9-25-16(29)10-26-18(30)12-5-3-6-13(8-12)27-21(23)24/h2-8,15H,9-10H2,1H3,(H,25,29)(H,26,30)(H,28,31)(H,32,33)(H4,23,24,27). The Balaban J connectivity index is 1.90. The number of aryl methyl sites for hydroxylation is 1. The second-order valence-corrected chi connectivity index (χ2v) is 7.31. The first-order chi connectivity index (χ1) is 15.6. The highest BCUT2D eigenvalue weighted by molar-refractivity contribution is 6.34. The van der Waals surface area contributed by atoms with Crippen molar-refractivity contribution in [1.29, 1.82) is 5.41 Å². The summed E-state index contributed by atoms with van der Waals surface area (Å²) in [6.07, 6.45) is 0. The fourth-order valence-corrected chi connectivity index (χ4v) is 3.09. The van der Waals surface area contributed by atoms with Crippen molar-refractivity contribution < 1.29 is 24.3 Å². The van der Waals surface area contributed by atoms with E-state index in [1.54, 1.807) is 31.2 Å². The Bertz CT molecular complexity index is 1070. The topological polar surface area (TPSA) is 186 Å². The first-order valence-corrected chi connectivity index (χ1v) is 10.0. The maximum absolute atomic E-state index is 12.5. The van der Waals surface area contributed by atoms with Crippen LogP contribution >= 0.6 is 11.6 Å². The lowest BCUT2D eigenvalue weighted by atomic mass is 10.1. The van der Waals surface area contributed by atoms with Gasteiger partial charge in [0.1, 0.15) is 6.04 Å². The van der Waals surface area contributed by atoms with Crippen LogP contribution in [0.25, 0.3) is 0 Å². The second-order valence-electron chi connectivity index (χ2n) is 6.90. The number of carbonyl (C=O) groups is 4. The zero-order valence-electron chi connectivity index (χ0n) is 17.6. The van der Waals surface area contributed by atoms with Crippen molar-refractivity contribution in [2.75, 3.05) is 18.4 Å². The van der Waals surface area contributed by atoms with Crippen LogP contribution < -0.4 is 27.0 Å². The number of carboxylic acids is 1. The van der Waals surface area contributed by atoms with Gasteiger partial charge in [-0.3, -0.25) is 19.8 Å². The van der Waals surface area contributed by atoms with E-state index in [1.807, 2.05) is 0 Å².